The third-order valence-electron chi connectivity index (χ3n) is 4.18. The Hall–Kier alpha value is -2.24. The van der Waals surface area contributed by atoms with Gasteiger partial charge in [-0.25, -0.2) is 0 Å². The van der Waals surface area contributed by atoms with Crippen LogP contribution in [-0.4, -0.2) is 44.0 Å². The molecule has 0 radical (unpaired) electrons. The lowest BCUT2D eigenvalue weighted by Crippen LogP contribution is -2.33. The summed E-state index contributed by atoms with van der Waals surface area (Å²) in [7, 11) is 3.11. The summed E-state index contributed by atoms with van der Waals surface area (Å²) in [4.78, 5) is 26.4. The molecular weight excluding hydrogens is 296 g/mol. The van der Waals surface area contributed by atoms with Crippen LogP contribution in [-0.2, 0) is 9.59 Å². The number of ether oxygens (including phenoxy) is 2. The monoisotopic (exact) mass is 320 g/mol. The third kappa shape index (κ3) is 3.75. The fourth-order valence-corrected chi connectivity index (χ4v) is 2.66. The molecule has 0 aromatic heterocycles. The predicted molar refractivity (Wildman–Crippen MR) is 87.7 cm³/mol. The van der Waals surface area contributed by atoms with E-state index in [1.165, 1.54) is 0 Å². The second kappa shape index (κ2) is 7.35. The van der Waals surface area contributed by atoms with Crippen LogP contribution in [0.15, 0.2) is 18.2 Å². The van der Waals surface area contributed by atoms with E-state index in [0.29, 0.717) is 36.7 Å². The molecule has 1 aliphatic carbocycles. The fourth-order valence-electron chi connectivity index (χ4n) is 2.66. The molecule has 1 aromatic rings. The number of carbonyl (C=O) groups excluding carboxylic acids is 2. The first-order chi connectivity index (χ1) is 11.0. The predicted octanol–water partition coefficient (Wildman–Crippen LogP) is 2.15. The van der Waals surface area contributed by atoms with Crippen LogP contribution in [0.5, 0.6) is 11.5 Å². The van der Waals surface area contributed by atoms with Gasteiger partial charge in [0, 0.05) is 19.2 Å². The van der Waals surface area contributed by atoms with Gasteiger partial charge < -0.3 is 19.7 Å². The number of methoxy groups -OCH3 is 2. The average molecular weight is 320 g/mol. The summed E-state index contributed by atoms with van der Waals surface area (Å²) in [5.41, 5.74) is 0.554. The summed E-state index contributed by atoms with van der Waals surface area (Å²) in [6.45, 7) is 5.23. The minimum absolute atomic E-state index is 0.0627. The number of nitrogens with zero attached hydrogens (tertiary/aromatic N) is 1. The van der Waals surface area contributed by atoms with Crippen LogP contribution in [0.4, 0.5) is 5.69 Å². The Kier molecular flexibility index (Phi) is 5.47. The van der Waals surface area contributed by atoms with Crippen LogP contribution in [0.1, 0.15) is 20.3 Å². The maximum absolute atomic E-state index is 12.4. The van der Waals surface area contributed by atoms with Crippen molar-refractivity contribution in [3.05, 3.63) is 18.2 Å². The molecule has 6 nitrogen and oxygen atoms in total. The second-order valence-electron chi connectivity index (χ2n) is 5.51. The van der Waals surface area contributed by atoms with Crippen molar-refractivity contribution in [2.45, 2.75) is 20.3 Å². The highest BCUT2D eigenvalue weighted by Crippen LogP contribution is 2.41. The molecule has 0 heterocycles. The zero-order valence-electron chi connectivity index (χ0n) is 14.1. The first-order valence-corrected chi connectivity index (χ1v) is 7.87. The number of hydrogen-bond donors (Lipinski definition) is 1. The van der Waals surface area contributed by atoms with Gasteiger partial charge in [-0.05, 0) is 32.4 Å². The molecule has 2 unspecified atom stereocenters. The lowest BCUT2D eigenvalue weighted by Gasteiger charge is -2.18. The summed E-state index contributed by atoms with van der Waals surface area (Å²) < 4.78 is 10.4. The molecule has 0 aliphatic heterocycles. The Morgan fingerprint density at radius 3 is 2.43 bits per heavy atom. The van der Waals surface area contributed by atoms with E-state index in [2.05, 4.69) is 5.32 Å². The molecule has 0 saturated heterocycles. The molecule has 1 aromatic carbocycles. The Labute approximate surface area is 136 Å². The topological polar surface area (TPSA) is 67.9 Å². The fraction of sp³-hybridized carbons (Fsp3) is 0.529. The van der Waals surface area contributed by atoms with Crippen LogP contribution in [0.3, 0.4) is 0 Å². The zero-order chi connectivity index (χ0) is 17.0. The van der Waals surface area contributed by atoms with E-state index >= 15 is 0 Å². The molecular formula is C17H24N2O4. The normalized spacial score (nSPS) is 19.0. The van der Waals surface area contributed by atoms with E-state index in [0.717, 1.165) is 0 Å². The van der Waals surface area contributed by atoms with Crippen molar-refractivity contribution in [3.63, 3.8) is 0 Å². The van der Waals surface area contributed by atoms with E-state index in [1.807, 2.05) is 13.8 Å². The molecule has 6 heteroatoms. The SMILES string of the molecule is CCN(CC)C(=O)C1CC1C(=O)Nc1cc(OC)ccc1OC. The zero-order valence-corrected chi connectivity index (χ0v) is 14.1. The van der Waals surface area contributed by atoms with Crippen molar-refractivity contribution in [2.75, 3.05) is 32.6 Å². The summed E-state index contributed by atoms with van der Waals surface area (Å²) >= 11 is 0. The third-order valence-corrected chi connectivity index (χ3v) is 4.18. The molecule has 0 bridgehead atoms. The van der Waals surface area contributed by atoms with Crippen molar-refractivity contribution >= 4 is 17.5 Å². The molecule has 23 heavy (non-hydrogen) atoms. The number of hydrogen-bond acceptors (Lipinski definition) is 4. The van der Waals surface area contributed by atoms with Crippen molar-refractivity contribution < 1.29 is 19.1 Å². The number of carbonyl (C=O) groups is 2. The van der Waals surface area contributed by atoms with Gasteiger partial charge in [-0.3, -0.25) is 9.59 Å². The molecule has 126 valence electrons. The number of anilines is 1. The van der Waals surface area contributed by atoms with Crippen molar-refractivity contribution in [2.24, 2.45) is 11.8 Å². The smallest absolute Gasteiger partial charge is 0.228 e. The highest BCUT2D eigenvalue weighted by Gasteiger charge is 2.49. The minimum Gasteiger partial charge on any atom is -0.497 e. The maximum atomic E-state index is 12.4. The van der Waals surface area contributed by atoms with Crippen LogP contribution in [0.25, 0.3) is 0 Å². The highest BCUT2D eigenvalue weighted by atomic mass is 16.5. The molecule has 2 atom stereocenters. The summed E-state index contributed by atoms with van der Waals surface area (Å²) in [5.74, 6) is 0.638. The standard InChI is InChI=1S/C17H24N2O4/c1-5-19(6-2)17(21)13-10-12(13)16(20)18-14-9-11(22-3)7-8-15(14)23-4/h7-9,12-13H,5-6,10H2,1-4H3,(H,18,20). The van der Waals surface area contributed by atoms with E-state index in [4.69, 9.17) is 9.47 Å². The summed E-state index contributed by atoms with van der Waals surface area (Å²) in [5, 5.41) is 2.84. The lowest BCUT2D eigenvalue weighted by atomic mass is 10.2. The summed E-state index contributed by atoms with van der Waals surface area (Å²) in [6, 6.07) is 5.21. The molecule has 2 rings (SSSR count). The number of rotatable bonds is 7. The van der Waals surface area contributed by atoms with Crippen molar-refractivity contribution in [3.8, 4) is 11.5 Å². The van der Waals surface area contributed by atoms with Crippen LogP contribution < -0.4 is 14.8 Å². The molecule has 1 aliphatic rings. The first-order valence-electron chi connectivity index (χ1n) is 7.87. The molecule has 1 N–H and O–H groups in total. The van der Waals surface area contributed by atoms with E-state index < -0.39 is 0 Å². The second-order valence-corrected chi connectivity index (χ2v) is 5.51. The Bertz CT molecular complexity index is 584. The minimum atomic E-state index is -0.265. The maximum Gasteiger partial charge on any atom is 0.228 e. The van der Waals surface area contributed by atoms with Gasteiger partial charge in [-0.2, -0.15) is 0 Å². The van der Waals surface area contributed by atoms with Gasteiger partial charge >= 0.3 is 0 Å². The van der Waals surface area contributed by atoms with Gasteiger partial charge in [0.2, 0.25) is 11.8 Å². The van der Waals surface area contributed by atoms with Crippen LogP contribution >= 0.6 is 0 Å². The van der Waals surface area contributed by atoms with Gasteiger partial charge in [0.25, 0.3) is 0 Å². The molecule has 1 fully saturated rings. The van der Waals surface area contributed by atoms with Gasteiger partial charge in [0.05, 0.1) is 31.7 Å². The van der Waals surface area contributed by atoms with Gasteiger partial charge in [0.1, 0.15) is 11.5 Å². The van der Waals surface area contributed by atoms with E-state index in [-0.39, 0.29) is 23.7 Å². The Morgan fingerprint density at radius 2 is 1.87 bits per heavy atom. The average Bonchev–Trinajstić information content (AvgIpc) is 3.36. The Balaban J connectivity index is 2.03. The van der Waals surface area contributed by atoms with E-state index in [9.17, 15) is 9.59 Å². The van der Waals surface area contributed by atoms with Gasteiger partial charge in [-0.15, -0.1) is 0 Å². The van der Waals surface area contributed by atoms with E-state index in [1.54, 1.807) is 37.3 Å². The number of amides is 2. The van der Waals surface area contributed by atoms with Gasteiger partial charge in [0.15, 0.2) is 0 Å². The number of benzene rings is 1. The van der Waals surface area contributed by atoms with Crippen LogP contribution in [0, 0.1) is 11.8 Å². The Morgan fingerprint density at radius 1 is 1.17 bits per heavy atom. The molecule has 1 saturated carbocycles. The highest BCUT2D eigenvalue weighted by molar-refractivity contribution is 6.00. The van der Waals surface area contributed by atoms with Crippen molar-refractivity contribution in [1.82, 2.24) is 4.90 Å². The summed E-state index contributed by atoms with van der Waals surface area (Å²) in [6.07, 6.45) is 0.605. The van der Waals surface area contributed by atoms with Crippen molar-refractivity contribution in [1.29, 1.82) is 0 Å². The van der Waals surface area contributed by atoms with Gasteiger partial charge in [-0.1, -0.05) is 0 Å². The molecule has 0 spiro atoms. The quantitative estimate of drug-likeness (QED) is 0.836. The number of nitrogens with one attached hydrogen (secondary N) is 1. The lowest BCUT2D eigenvalue weighted by molar-refractivity contribution is -0.133. The molecule has 2 amide bonds. The van der Waals surface area contributed by atoms with Crippen LogP contribution in [0.2, 0.25) is 0 Å². The largest absolute Gasteiger partial charge is 0.497 e. The first kappa shape index (κ1) is 17.1.